The maximum Gasteiger partial charge on any atom is 0.190 e. The number of fused-ring (bicyclic) bond motifs is 3. The second-order valence-corrected chi connectivity index (χ2v) is 12.1. The molecule has 0 spiro atoms. The Labute approximate surface area is 221 Å². The molecule has 3 aliphatic rings. The first-order valence-corrected chi connectivity index (χ1v) is 15.3. The van der Waals surface area contributed by atoms with Gasteiger partial charge in [-0.2, -0.15) is 0 Å². The Morgan fingerprint density at radius 2 is 0.972 bits per heavy atom. The van der Waals surface area contributed by atoms with Crippen LogP contribution in [-0.4, -0.2) is 55.5 Å². The molecule has 3 rings (SSSR count). The molecule has 3 fully saturated rings. The van der Waals surface area contributed by atoms with Gasteiger partial charge in [0.05, 0.1) is 6.61 Å². The van der Waals surface area contributed by atoms with Gasteiger partial charge in [-0.1, -0.05) is 103 Å². The summed E-state index contributed by atoms with van der Waals surface area (Å²) >= 11 is 0. The highest BCUT2D eigenvalue weighted by atomic mass is 16.9. The van der Waals surface area contributed by atoms with E-state index >= 15 is 0 Å². The van der Waals surface area contributed by atoms with Gasteiger partial charge < -0.3 is 28.4 Å². The predicted octanol–water partition coefficient (Wildman–Crippen LogP) is 7.66. The predicted molar refractivity (Wildman–Crippen MR) is 143 cm³/mol. The molecule has 212 valence electrons. The van der Waals surface area contributed by atoms with Gasteiger partial charge in [0.15, 0.2) is 17.9 Å². The summed E-state index contributed by atoms with van der Waals surface area (Å²) in [7, 11) is 0. The minimum absolute atomic E-state index is 0.204. The molecule has 0 radical (unpaired) electrons. The van der Waals surface area contributed by atoms with Crippen molar-refractivity contribution in [1.82, 2.24) is 0 Å². The summed E-state index contributed by atoms with van der Waals surface area (Å²) in [6.07, 6.45) is 20.7. The van der Waals surface area contributed by atoms with E-state index in [1.165, 1.54) is 96.3 Å². The summed E-state index contributed by atoms with van der Waals surface area (Å²) in [6, 6.07) is 0. The van der Waals surface area contributed by atoms with E-state index in [9.17, 15) is 0 Å². The summed E-state index contributed by atoms with van der Waals surface area (Å²) in [4.78, 5) is 0. The first kappa shape index (κ1) is 30.3. The van der Waals surface area contributed by atoms with E-state index in [4.69, 9.17) is 28.4 Å². The van der Waals surface area contributed by atoms with Crippen molar-refractivity contribution in [2.24, 2.45) is 0 Å². The molecular formula is C30H56O6. The van der Waals surface area contributed by atoms with Crippen molar-refractivity contribution in [3.63, 3.8) is 0 Å². The molecular weight excluding hydrogens is 456 g/mol. The fraction of sp³-hybridized carbons (Fsp3) is 1.00. The average Bonchev–Trinajstić information content (AvgIpc) is 3.32. The van der Waals surface area contributed by atoms with E-state index in [2.05, 4.69) is 6.92 Å². The van der Waals surface area contributed by atoms with Gasteiger partial charge in [-0.05, 0) is 34.1 Å². The second kappa shape index (κ2) is 15.4. The number of rotatable bonds is 19. The molecule has 3 saturated heterocycles. The fourth-order valence-corrected chi connectivity index (χ4v) is 5.78. The first-order valence-electron chi connectivity index (χ1n) is 15.3. The molecule has 0 aromatic heterocycles. The van der Waals surface area contributed by atoms with E-state index in [0.717, 1.165) is 13.0 Å². The largest absolute Gasteiger partial charge is 0.379 e. The smallest absolute Gasteiger partial charge is 0.190 e. The van der Waals surface area contributed by atoms with Crippen LogP contribution >= 0.6 is 0 Å². The van der Waals surface area contributed by atoms with Crippen molar-refractivity contribution in [2.45, 2.75) is 180 Å². The first-order chi connectivity index (χ1) is 17.3. The Hall–Kier alpha value is -0.240. The molecule has 6 heteroatoms. The van der Waals surface area contributed by atoms with Crippen LogP contribution in [0.1, 0.15) is 137 Å². The Kier molecular flexibility index (Phi) is 12.9. The quantitative estimate of drug-likeness (QED) is 0.166. The van der Waals surface area contributed by atoms with E-state index in [0.29, 0.717) is 6.61 Å². The molecule has 6 nitrogen and oxygen atoms in total. The number of unbranched alkanes of at least 4 members (excludes halogenated alkanes) is 15. The highest BCUT2D eigenvalue weighted by Gasteiger charge is 2.60. The molecule has 0 N–H and O–H groups in total. The zero-order valence-electron chi connectivity index (χ0n) is 24.1. The number of hydrogen-bond donors (Lipinski definition) is 0. The standard InChI is InChI=1S/C30H56O6/c1-6-7-8-9-10-11-12-13-14-15-16-17-18-19-20-21-22-31-23-24-25-26(34-29(2,3)33-25)27-28(32-24)36-30(4,5)35-27/h24-28H,6-23H2,1-5H3/t24-,25+,26-,27+,28+/m0/s1. The lowest BCUT2D eigenvalue weighted by Gasteiger charge is -2.37. The summed E-state index contributed by atoms with van der Waals surface area (Å²) < 4.78 is 36.6. The molecule has 0 aliphatic carbocycles. The van der Waals surface area contributed by atoms with Gasteiger partial charge in [-0.15, -0.1) is 0 Å². The summed E-state index contributed by atoms with van der Waals surface area (Å²) in [5.74, 6) is -1.34. The van der Waals surface area contributed by atoms with E-state index < -0.39 is 17.9 Å². The lowest BCUT2D eigenvalue weighted by atomic mass is 9.99. The van der Waals surface area contributed by atoms with Crippen LogP contribution in [0.3, 0.4) is 0 Å². The van der Waals surface area contributed by atoms with Crippen LogP contribution in [0.2, 0.25) is 0 Å². The highest BCUT2D eigenvalue weighted by Crippen LogP contribution is 2.44. The summed E-state index contributed by atoms with van der Waals surface area (Å²) in [5, 5.41) is 0. The van der Waals surface area contributed by atoms with Gasteiger partial charge in [0.1, 0.15) is 24.4 Å². The fourth-order valence-electron chi connectivity index (χ4n) is 5.78. The van der Waals surface area contributed by atoms with Crippen LogP contribution in [0.15, 0.2) is 0 Å². The molecule has 0 bridgehead atoms. The molecule has 0 aromatic carbocycles. The average molecular weight is 513 g/mol. The third-order valence-corrected chi connectivity index (χ3v) is 7.68. The van der Waals surface area contributed by atoms with Crippen molar-refractivity contribution in [1.29, 1.82) is 0 Å². The Morgan fingerprint density at radius 3 is 1.53 bits per heavy atom. The Bertz CT molecular complexity index is 594. The second-order valence-electron chi connectivity index (χ2n) is 12.1. The number of ether oxygens (including phenoxy) is 6. The van der Waals surface area contributed by atoms with Crippen LogP contribution in [-0.2, 0) is 28.4 Å². The molecule has 3 aliphatic heterocycles. The molecule has 5 atom stereocenters. The lowest BCUT2D eigenvalue weighted by Crippen LogP contribution is -2.56. The third-order valence-electron chi connectivity index (χ3n) is 7.68. The van der Waals surface area contributed by atoms with E-state index in [-0.39, 0.29) is 24.4 Å². The van der Waals surface area contributed by atoms with Gasteiger partial charge >= 0.3 is 0 Å². The van der Waals surface area contributed by atoms with Gasteiger partial charge in [0.2, 0.25) is 0 Å². The van der Waals surface area contributed by atoms with E-state index in [1.54, 1.807) is 0 Å². The zero-order chi connectivity index (χ0) is 25.9. The van der Waals surface area contributed by atoms with Crippen LogP contribution in [0, 0.1) is 0 Å². The molecule has 0 amide bonds. The summed E-state index contributed by atoms with van der Waals surface area (Å²) in [5.41, 5.74) is 0. The minimum Gasteiger partial charge on any atom is -0.379 e. The SMILES string of the molecule is CCCCCCCCCCCCCCCCCCOC[C@@H]1O[C@@H]2OC(C)(C)O[C@@H]2[C@H]2OC(C)(C)O[C@@H]21. The van der Waals surface area contributed by atoms with Crippen LogP contribution in [0.4, 0.5) is 0 Å². The van der Waals surface area contributed by atoms with Crippen molar-refractivity contribution in [2.75, 3.05) is 13.2 Å². The van der Waals surface area contributed by atoms with Crippen LogP contribution in [0.25, 0.3) is 0 Å². The zero-order valence-corrected chi connectivity index (χ0v) is 24.1. The number of hydrogen-bond acceptors (Lipinski definition) is 6. The van der Waals surface area contributed by atoms with Gasteiger partial charge in [-0.25, -0.2) is 0 Å². The maximum atomic E-state index is 6.21. The van der Waals surface area contributed by atoms with Crippen LogP contribution in [0.5, 0.6) is 0 Å². The Balaban J connectivity index is 1.15. The Morgan fingerprint density at radius 1 is 0.528 bits per heavy atom. The van der Waals surface area contributed by atoms with Crippen molar-refractivity contribution >= 4 is 0 Å². The van der Waals surface area contributed by atoms with Gasteiger partial charge in [0.25, 0.3) is 0 Å². The van der Waals surface area contributed by atoms with Crippen molar-refractivity contribution < 1.29 is 28.4 Å². The van der Waals surface area contributed by atoms with Crippen molar-refractivity contribution in [3.05, 3.63) is 0 Å². The van der Waals surface area contributed by atoms with Gasteiger partial charge in [-0.3, -0.25) is 0 Å². The monoisotopic (exact) mass is 512 g/mol. The topological polar surface area (TPSA) is 55.4 Å². The van der Waals surface area contributed by atoms with Crippen LogP contribution < -0.4 is 0 Å². The molecule has 0 unspecified atom stereocenters. The lowest BCUT2D eigenvalue weighted by molar-refractivity contribution is -0.243. The highest BCUT2D eigenvalue weighted by molar-refractivity contribution is 5.00. The molecule has 0 saturated carbocycles. The van der Waals surface area contributed by atoms with Gasteiger partial charge in [0, 0.05) is 6.61 Å². The molecule has 3 heterocycles. The molecule has 36 heavy (non-hydrogen) atoms. The third kappa shape index (κ3) is 10.1. The van der Waals surface area contributed by atoms with Crippen molar-refractivity contribution in [3.8, 4) is 0 Å². The molecule has 0 aromatic rings. The minimum atomic E-state index is -0.681. The van der Waals surface area contributed by atoms with E-state index in [1.807, 2.05) is 27.7 Å². The normalized spacial score (nSPS) is 30.4. The maximum absolute atomic E-state index is 6.21. The summed E-state index contributed by atoms with van der Waals surface area (Å²) in [6.45, 7) is 11.2.